The van der Waals surface area contributed by atoms with Gasteiger partial charge in [-0.1, -0.05) is 13.3 Å². The number of nitrogens with zero attached hydrogens (tertiary/aromatic N) is 2. The number of anilines is 1. The largest absolute Gasteiger partial charge is 0.417 e. The number of halogens is 4. The van der Waals surface area contributed by atoms with Gasteiger partial charge < -0.3 is 10.6 Å². The van der Waals surface area contributed by atoms with E-state index in [2.05, 4.69) is 16.8 Å². The number of amides is 1. The highest BCUT2D eigenvalue weighted by Crippen LogP contribution is 2.32. The van der Waals surface area contributed by atoms with Gasteiger partial charge in [0.25, 0.3) is 10.1 Å². The van der Waals surface area contributed by atoms with Crippen LogP contribution in [0.25, 0.3) is 0 Å². The molecule has 12 heteroatoms. The normalized spacial score (nSPS) is 11.5. The van der Waals surface area contributed by atoms with Gasteiger partial charge in [-0.15, -0.1) is 0 Å². The van der Waals surface area contributed by atoms with E-state index >= 15 is 0 Å². The molecule has 172 valence electrons. The zero-order valence-electron chi connectivity index (χ0n) is 16.9. The summed E-state index contributed by atoms with van der Waals surface area (Å²) in [5.41, 5.74) is 2.61. The molecule has 0 atom stereocenters. The van der Waals surface area contributed by atoms with Crippen LogP contribution in [0.3, 0.4) is 0 Å². The van der Waals surface area contributed by atoms with Crippen molar-refractivity contribution < 1.29 is 35.3 Å². The van der Waals surface area contributed by atoms with E-state index in [1.807, 2.05) is 6.92 Å². The molecule has 1 amide bonds. The van der Waals surface area contributed by atoms with Crippen molar-refractivity contribution in [3.05, 3.63) is 53.5 Å². The van der Waals surface area contributed by atoms with Crippen molar-refractivity contribution in [3.8, 4) is 0 Å². The van der Waals surface area contributed by atoms with Gasteiger partial charge in [-0.05, 0) is 43.7 Å². The van der Waals surface area contributed by atoms with Gasteiger partial charge >= 0.3 is 6.18 Å². The highest BCUT2D eigenvalue weighted by atomic mass is 32.2. The first-order chi connectivity index (χ1) is 14.3. The fourth-order valence-electron chi connectivity index (χ4n) is 2.46. The molecule has 2 rings (SSSR count). The van der Waals surface area contributed by atoms with Crippen LogP contribution < -0.4 is 10.6 Å². The zero-order valence-corrected chi connectivity index (χ0v) is 17.7. The van der Waals surface area contributed by atoms with Crippen LogP contribution in [0.15, 0.2) is 41.4 Å². The van der Waals surface area contributed by atoms with Gasteiger partial charge in [0.05, 0.1) is 17.3 Å². The number of nitrogens with two attached hydrogens (primary N) is 1. The number of primary amides is 1. The van der Waals surface area contributed by atoms with Crippen LogP contribution in [-0.2, 0) is 16.3 Å². The molecule has 2 aromatic rings. The Labute approximate surface area is 177 Å². The number of aromatic nitrogens is 1. The fraction of sp³-hybridized carbons (Fsp3) is 0.368. The summed E-state index contributed by atoms with van der Waals surface area (Å²) in [6.07, 6.45) is -1.44. The maximum absolute atomic E-state index is 12.5. The van der Waals surface area contributed by atoms with Crippen molar-refractivity contribution in [2.75, 3.05) is 18.0 Å². The van der Waals surface area contributed by atoms with Gasteiger partial charge in [0.15, 0.2) is 0 Å². The molecule has 0 bridgehead atoms. The highest BCUT2D eigenvalue weighted by Gasteiger charge is 2.35. The van der Waals surface area contributed by atoms with Crippen LogP contribution >= 0.6 is 0 Å². The van der Waals surface area contributed by atoms with E-state index < -0.39 is 39.1 Å². The van der Waals surface area contributed by atoms with E-state index in [9.17, 15) is 30.8 Å². The third kappa shape index (κ3) is 8.13. The smallest absolute Gasteiger partial charge is 0.366 e. The average molecular weight is 465 g/mol. The first kappa shape index (κ1) is 26.3. The second-order valence-corrected chi connectivity index (χ2v) is 7.73. The molecule has 1 heterocycles. The maximum atomic E-state index is 12.5. The van der Waals surface area contributed by atoms with Crippen molar-refractivity contribution in [2.45, 2.75) is 37.8 Å². The van der Waals surface area contributed by atoms with Crippen molar-refractivity contribution in [1.29, 1.82) is 0 Å². The molecular formula is C19H23F4N3O4S. The Hall–Kier alpha value is -2.73. The molecule has 0 aliphatic rings. The Morgan fingerprint density at radius 1 is 1.19 bits per heavy atom. The number of carbonyl (C=O) groups excluding carboxylic acids is 1. The first-order valence-corrected chi connectivity index (χ1v) is 10.6. The standard InChI is InChI=1S/C11H18N2O3S.C8H5F4NO/c1-3-5-8-13(4-2)11-7-6-10(9-12-11)17(14,15)16;9-4-1-2-5(7(13)14)6(3-4)8(10,11)12/h6-7,9H,3-5,8H2,1-2H3,(H,14,15,16);1-3H,(H2,13,14). The molecule has 1 aromatic carbocycles. The Bertz CT molecular complexity index is 981. The third-order valence-electron chi connectivity index (χ3n) is 4.06. The molecule has 0 radical (unpaired) electrons. The summed E-state index contributed by atoms with van der Waals surface area (Å²) in [6.45, 7) is 5.85. The van der Waals surface area contributed by atoms with Crippen molar-refractivity contribution in [3.63, 3.8) is 0 Å². The highest BCUT2D eigenvalue weighted by molar-refractivity contribution is 7.85. The molecule has 0 saturated carbocycles. The van der Waals surface area contributed by atoms with E-state index in [1.165, 1.54) is 12.3 Å². The minimum atomic E-state index is -4.79. The van der Waals surface area contributed by atoms with E-state index in [0.717, 1.165) is 37.8 Å². The molecule has 0 aliphatic heterocycles. The summed E-state index contributed by atoms with van der Waals surface area (Å²) < 4.78 is 79.7. The predicted molar refractivity (Wildman–Crippen MR) is 107 cm³/mol. The lowest BCUT2D eigenvalue weighted by molar-refractivity contribution is -0.138. The van der Waals surface area contributed by atoms with Crippen molar-refractivity contribution in [1.82, 2.24) is 4.98 Å². The van der Waals surface area contributed by atoms with Crippen LogP contribution in [0.2, 0.25) is 0 Å². The summed E-state index contributed by atoms with van der Waals surface area (Å²) in [6, 6.07) is 4.67. The quantitative estimate of drug-likeness (QED) is 0.474. The van der Waals surface area contributed by atoms with Gasteiger partial charge in [0.2, 0.25) is 5.91 Å². The summed E-state index contributed by atoms with van der Waals surface area (Å²) in [5, 5.41) is 0. The zero-order chi connectivity index (χ0) is 23.8. The van der Waals surface area contributed by atoms with E-state index in [-0.39, 0.29) is 11.0 Å². The molecule has 31 heavy (non-hydrogen) atoms. The average Bonchev–Trinajstić information content (AvgIpc) is 2.68. The van der Waals surface area contributed by atoms with Crippen molar-refractivity contribution >= 4 is 21.8 Å². The minimum Gasteiger partial charge on any atom is -0.366 e. The lowest BCUT2D eigenvalue weighted by Gasteiger charge is -2.21. The number of rotatable bonds is 7. The molecule has 0 saturated heterocycles. The van der Waals surface area contributed by atoms with Crippen LogP contribution in [-0.4, -0.2) is 37.0 Å². The molecule has 7 nitrogen and oxygen atoms in total. The minimum absolute atomic E-state index is 0.173. The van der Waals surface area contributed by atoms with Gasteiger partial charge in [-0.3, -0.25) is 9.35 Å². The second kappa shape index (κ2) is 11.0. The van der Waals surface area contributed by atoms with Crippen LogP contribution in [0.4, 0.5) is 23.4 Å². The molecule has 0 spiro atoms. The Morgan fingerprint density at radius 3 is 2.26 bits per heavy atom. The number of alkyl halides is 3. The van der Waals surface area contributed by atoms with Gasteiger partial charge in [-0.25, -0.2) is 9.37 Å². The third-order valence-corrected chi connectivity index (χ3v) is 4.90. The summed E-state index contributed by atoms with van der Waals surface area (Å²) in [5.74, 6) is -1.58. The van der Waals surface area contributed by atoms with Crippen molar-refractivity contribution in [2.24, 2.45) is 5.73 Å². The number of hydrogen-bond donors (Lipinski definition) is 2. The van der Waals surface area contributed by atoms with Gasteiger partial charge in [-0.2, -0.15) is 21.6 Å². The van der Waals surface area contributed by atoms with E-state index in [0.29, 0.717) is 6.07 Å². The number of benzene rings is 1. The molecule has 0 aliphatic carbocycles. The van der Waals surface area contributed by atoms with E-state index in [4.69, 9.17) is 10.3 Å². The number of pyridine rings is 1. The topological polar surface area (TPSA) is 114 Å². The summed E-state index contributed by atoms with van der Waals surface area (Å²) in [4.78, 5) is 16.5. The summed E-state index contributed by atoms with van der Waals surface area (Å²) >= 11 is 0. The molecule has 0 fully saturated rings. The second-order valence-electron chi connectivity index (χ2n) is 6.31. The summed E-state index contributed by atoms with van der Waals surface area (Å²) in [7, 11) is -4.15. The Kier molecular flexibility index (Phi) is 9.38. The predicted octanol–water partition coefficient (Wildman–Crippen LogP) is 3.90. The first-order valence-electron chi connectivity index (χ1n) is 9.16. The molecular weight excluding hydrogens is 442 g/mol. The molecule has 1 aromatic heterocycles. The Morgan fingerprint density at radius 2 is 1.84 bits per heavy atom. The number of carbonyl (C=O) groups is 1. The monoisotopic (exact) mass is 465 g/mol. The molecule has 0 unspecified atom stereocenters. The molecule has 3 N–H and O–H groups in total. The van der Waals surface area contributed by atoms with E-state index in [1.54, 1.807) is 6.07 Å². The fourth-order valence-corrected chi connectivity index (χ4v) is 2.89. The maximum Gasteiger partial charge on any atom is 0.417 e. The van der Waals surface area contributed by atoms with Crippen LogP contribution in [0, 0.1) is 5.82 Å². The lowest BCUT2D eigenvalue weighted by atomic mass is 10.1. The van der Waals surface area contributed by atoms with Gasteiger partial charge in [0, 0.05) is 13.1 Å². The SMILES string of the molecule is CCCCN(CC)c1ccc(S(=O)(=O)O)cn1.NC(=O)c1ccc(F)cc1C(F)(F)F. The van der Waals surface area contributed by atoms with Gasteiger partial charge in [0.1, 0.15) is 16.5 Å². The Balaban J connectivity index is 0.000000316. The van der Waals surface area contributed by atoms with Crippen LogP contribution in [0.1, 0.15) is 42.6 Å². The van der Waals surface area contributed by atoms with Crippen LogP contribution in [0.5, 0.6) is 0 Å². The lowest BCUT2D eigenvalue weighted by Crippen LogP contribution is -2.24. The number of unbranched alkanes of at least 4 members (excludes halogenated alkanes) is 1. The number of hydrogen-bond acceptors (Lipinski definition) is 5.